The second kappa shape index (κ2) is 7.64. The molecule has 2 aromatic rings. The molecule has 104 valence electrons. The van der Waals surface area contributed by atoms with Crippen LogP contribution >= 0.6 is 15.9 Å². The molecule has 0 aliphatic carbocycles. The molecule has 2 heteroatoms. The summed E-state index contributed by atoms with van der Waals surface area (Å²) in [6.45, 7) is 10.9. The van der Waals surface area contributed by atoms with Crippen molar-refractivity contribution in [2.75, 3.05) is 0 Å². The lowest BCUT2D eigenvalue weighted by Crippen LogP contribution is -2.04. The Morgan fingerprint density at radius 1 is 1.05 bits per heavy atom. The molecule has 0 saturated heterocycles. The van der Waals surface area contributed by atoms with E-state index in [1.807, 2.05) is 12.1 Å². The third-order valence-corrected chi connectivity index (χ3v) is 3.80. The fourth-order valence-corrected chi connectivity index (χ4v) is 2.19. The molecule has 0 aliphatic heterocycles. The number of hydrogen-bond acceptors (Lipinski definition) is 1. The van der Waals surface area contributed by atoms with Gasteiger partial charge < -0.3 is 0 Å². The van der Waals surface area contributed by atoms with E-state index in [2.05, 4.69) is 68.7 Å². The molecule has 1 aromatic heterocycles. The van der Waals surface area contributed by atoms with Crippen LogP contribution in [-0.2, 0) is 0 Å². The largest absolute Gasteiger partial charge is 0.251 e. The van der Waals surface area contributed by atoms with E-state index in [0.717, 1.165) is 9.99 Å². The number of fused-ring (bicyclic) bond motifs is 1. The summed E-state index contributed by atoms with van der Waals surface area (Å²) in [7, 11) is 0. The van der Waals surface area contributed by atoms with Crippen molar-refractivity contribution in [3.8, 4) is 0 Å². The minimum atomic E-state index is 0.497. The van der Waals surface area contributed by atoms with Crippen molar-refractivity contribution >= 4 is 26.8 Å². The molecule has 0 spiro atoms. The molecular formula is C17H24BrN. The number of aromatic nitrogens is 1. The van der Waals surface area contributed by atoms with Crippen LogP contribution in [-0.4, -0.2) is 4.98 Å². The Morgan fingerprint density at radius 3 is 2.26 bits per heavy atom. The van der Waals surface area contributed by atoms with Crippen LogP contribution < -0.4 is 0 Å². The van der Waals surface area contributed by atoms with Crippen LogP contribution in [0, 0.1) is 5.92 Å². The van der Waals surface area contributed by atoms with Crippen LogP contribution in [0.25, 0.3) is 10.9 Å². The molecule has 0 saturated carbocycles. The minimum absolute atomic E-state index is 0.497. The number of rotatable bonds is 2. The Hall–Kier alpha value is -0.890. The summed E-state index contributed by atoms with van der Waals surface area (Å²) in [5.74, 6) is 1.11. The molecule has 0 N–H and O–H groups in total. The van der Waals surface area contributed by atoms with E-state index in [-0.39, 0.29) is 0 Å². The summed E-state index contributed by atoms with van der Waals surface area (Å²) in [5.41, 5.74) is 2.24. The second-order valence-electron chi connectivity index (χ2n) is 5.29. The number of benzene rings is 1. The van der Waals surface area contributed by atoms with Crippen molar-refractivity contribution in [3.63, 3.8) is 0 Å². The standard InChI is InChI=1S/C14H16BrN.C3H8/c1-9(2)10(3)13-8-7-11-5-4-6-12(15)14(11)16-13;1-3-2/h4-10H,1-3H3;3H2,1-2H3. The highest BCUT2D eigenvalue weighted by molar-refractivity contribution is 9.10. The van der Waals surface area contributed by atoms with Crippen molar-refractivity contribution in [1.82, 2.24) is 4.98 Å². The van der Waals surface area contributed by atoms with Crippen molar-refractivity contribution in [1.29, 1.82) is 0 Å². The first kappa shape index (κ1) is 16.2. The number of pyridine rings is 1. The van der Waals surface area contributed by atoms with Gasteiger partial charge in [0.1, 0.15) is 0 Å². The van der Waals surface area contributed by atoms with Gasteiger partial charge in [-0.1, -0.05) is 59.2 Å². The molecule has 1 unspecified atom stereocenters. The lowest BCUT2D eigenvalue weighted by atomic mass is 9.94. The molecule has 0 bridgehead atoms. The molecule has 1 nitrogen and oxygen atoms in total. The molecule has 0 fully saturated rings. The van der Waals surface area contributed by atoms with E-state index < -0.39 is 0 Å². The quantitative estimate of drug-likeness (QED) is 0.644. The molecule has 0 radical (unpaired) electrons. The maximum absolute atomic E-state index is 4.75. The Bertz CT molecular complexity index is 520. The third kappa shape index (κ3) is 4.31. The zero-order valence-corrected chi connectivity index (χ0v) is 14.2. The summed E-state index contributed by atoms with van der Waals surface area (Å²) in [6.07, 6.45) is 1.25. The van der Waals surface area contributed by atoms with Gasteiger partial charge in [-0.25, -0.2) is 0 Å². The molecule has 0 aliphatic rings. The van der Waals surface area contributed by atoms with Gasteiger partial charge in [0, 0.05) is 21.5 Å². The van der Waals surface area contributed by atoms with E-state index >= 15 is 0 Å². The summed E-state index contributed by atoms with van der Waals surface area (Å²) in [4.78, 5) is 4.75. The highest BCUT2D eigenvalue weighted by Crippen LogP contribution is 2.27. The topological polar surface area (TPSA) is 12.9 Å². The van der Waals surface area contributed by atoms with Gasteiger partial charge in [-0.05, 0) is 34.0 Å². The predicted molar refractivity (Wildman–Crippen MR) is 88.7 cm³/mol. The van der Waals surface area contributed by atoms with Gasteiger partial charge in [0.05, 0.1) is 5.52 Å². The summed E-state index contributed by atoms with van der Waals surface area (Å²) in [6, 6.07) is 10.5. The third-order valence-electron chi connectivity index (χ3n) is 3.16. The lowest BCUT2D eigenvalue weighted by molar-refractivity contribution is 0.525. The van der Waals surface area contributed by atoms with Gasteiger partial charge in [0.25, 0.3) is 0 Å². The fourth-order valence-electron chi connectivity index (χ4n) is 1.72. The Morgan fingerprint density at radius 2 is 1.68 bits per heavy atom. The number of hydrogen-bond donors (Lipinski definition) is 0. The lowest BCUT2D eigenvalue weighted by Gasteiger charge is -2.15. The minimum Gasteiger partial charge on any atom is -0.251 e. The highest BCUT2D eigenvalue weighted by Gasteiger charge is 2.12. The Balaban J connectivity index is 0.000000550. The van der Waals surface area contributed by atoms with Crippen LogP contribution in [0.1, 0.15) is 52.7 Å². The normalized spacial score (nSPS) is 12.2. The van der Waals surface area contributed by atoms with Gasteiger partial charge in [-0.15, -0.1) is 0 Å². The first-order valence-electron chi connectivity index (χ1n) is 7.06. The first-order valence-corrected chi connectivity index (χ1v) is 7.85. The first-order chi connectivity index (χ1) is 9.01. The van der Waals surface area contributed by atoms with Gasteiger partial charge in [-0.2, -0.15) is 0 Å². The van der Waals surface area contributed by atoms with Crippen molar-refractivity contribution < 1.29 is 0 Å². The smallest absolute Gasteiger partial charge is 0.0847 e. The number of halogens is 1. The molecule has 19 heavy (non-hydrogen) atoms. The van der Waals surface area contributed by atoms with Crippen LogP contribution in [0.15, 0.2) is 34.8 Å². The van der Waals surface area contributed by atoms with Gasteiger partial charge >= 0.3 is 0 Å². The average molecular weight is 322 g/mol. The molecule has 1 atom stereocenters. The maximum Gasteiger partial charge on any atom is 0.0847 e. The van der Waals surface area contributed by atoms with E-state index in [9.17, 15) is 0 Å². The maximum atomic E-state index is 4.75. The van der Waals surface area contributed by atoms with E-state index in [4.69, 9.17) is 4.98 Å². The van der Waals surface area contributed by atoms with E-state index in [1.54, 1.807) is 0 Å². The number of nitrogens with zero attached hydrogens (tertiary/aromatic N) is 1. The van der Waals surface area contributed by atoms with Gasteiger partial charge in [0.15, 0.2) is 0 Å². The molecule has 2 rings (SSSR count). The zero-order valence-electron chi connectivity index (χ0n) is 12.6. The van der Waals surface area contributed by atoms with Crippen LogP contribution in [0.3, 0.4) is 0 Å². The monoisotopic (exact) mass is 321 g/mol. The molecule has 1 aromatic carbocycles. The van der Waals surface area contributed by atoms with Crippen LogP contribution in [0.5, 0.6) is 0 Å². The summed E-state index contributed by atoms with van der Waals surface area (Å²) < 4.78 is 1.07. The van der Waals surface area contributed by atoms with Crippen molar-refractivity contribution in [2.45, 2.75) is 47.0 Å². The Kier molecular flexibility index (Phi) is 6.50. The molecule has 1 heterocycles. The SMILES string of the molecule is CC(C)C(C)c1ccc2cccc(Br)c2n1.CCC. The second-order valence-corrected chi connectivity index (χ2v) is 6.14. The number of para-hydroxylation sites is 1. The molecule has 0 amide bonds. The molecular weight excluding hydrogens is 298 g/mol. The van der Waals surface area contributed by atoms with Crippen LogP contribution in [0.4, 0.5) is 0 Å². The zero-order chi connectivity index (χ0) is 14.4. The highest BCUT2D eigenvalue weighted by atomic mass is 79.9. The van der Waals surface area contributed by atoms with Gasteiger partial charge in [-0.3, -0.25) is 4.98 Å². The average Bonchev–Trinajstić information content (AvgIpc) is 2.39. The Labute approximate surface area is 125 Å². The fraction of sp³-hybridized carbons (Fsp3) is 0.471. The van der Waals surface area contributed by atoms with E-state index in [0.29, 0.717) is 11.8 Å². The summed E-state index contributed by atoms with van der Waals surface area (Å²) in [5, 5.41) is 1.19. The summed E-state index contributed by atoms with van der Waals surface area (Å²) >= 11 is 3.55. The predicted octanol–water partition coefficient (Wildman–Crippen LogP) is 6.17. The van der Waals surface area contributed by atoms with Crippen molar-refractivity contribution in [2.24, 2.45) is 5.92 Å². The van der Waals surface area contributed by atoms with E-state index in [1.165, 1.54) is 17.5 Å². The van der Waals surface area contributed by atoms with Crippen LogP contribution in [0.2, 0.25) is 0 Å². The van der Waals surface area contributed by atoms with Gasteiger partial charge in [0.2, 0.25) is 0 Å². The van der Waals surface area contributed by atoms with Crippen molar-refractivity contribution in [3.05, 3.63) is 40.5 Å².